The highest BCUT2D eigenvalue weighted by Gasteiger charge is 2.39. The molecule has 3 atom stereocenters. The van der Waals surface area contributed by atoms with Crippen LogP contribution in [0.4, 0.5) is 5.95 Å². The second-order valence-corrected chi connectivity index (χ2v) is 20.8. The number of nitrogens with zero attached hydrogens (tertiary/aromatic N) is 7. The van der Waals surface area contributed by atoms with Crippen LogP contribution < -0.4 is 37.3 Å². The van der Waals surface area contributed by atoms with E-state index in [2.05, 4.69) is 25.6 Å². The third-order valence-electron chi connectivity index (χ3n) is 13.9. The predicted molar refractivity (Wildman–Crippen MR) is 303 cm³/mol. The molecule has 1 saturated heterocycles. The van der Waals surface area contributed by atoms with Gasteiger partial charge >= 0.3 is 5.97 Å². The number of carbonyl (C=O) groups is 10. The van der Waals surface area contributed by atoms with Crippen LogP contribution in [-0.2, 0) is 61.1 Å². The number of anilines is 1. The molecule has 4 aromatic heterocycles. The largest absolute Gasteiger partial charge is 0.494 e. The number of hydrogen-bond donors (Lipinski definition) is 6. The van der Waals surface area contributed by atoms with E-state index in [-0.39, 0.29) is 122 Å². The van der Waals surface area contributed by atoms with Crippen molar-refractivity contribution in [3.05, 3.63) is 88.1 Å². The average Bonchev–Trinajstić information content (AvgIpc) is 3.85. The van der Waals surface area contributed by atoms with Gasteiger partial charge in [0, 0.05) is 76.2 Å². The van der Waals surface area contributed by atoms with Gasteiger partial charge in [0.25, 0.3) is 5.91 Å². The van der Waals surface area contributed by atoms with Crippen LogP contribution in [0.3, 0.4) is 0 Å². The van der Waals surface area contributed by atoms with Crippen LogP contribution in [0.1, 0.15) is 130 Å². The molecule has 7 rings (SSSR count). The summed E-state index contributed by atoms with van der Waals surface area (Å²) < 4.78 is 26.7. The van der Waals surface area contributed by atoms with Crippen LogP contribution >= 0.6 is 11.8 Å². The summed E-state index contributed by atoms with van der Waals surface area (Å²) >= 11 is 1.21. The van der Waals surface area contributed by atoms with Crippen molar-refractivity contribution in [2.75, 3.05) is 38.4 Å². The van der Waals surface area contributed by atoms with Crippen LogP contribution in [-0.4, -0.2) is 142 Å². The van der Waals surface area contributed by atoms with Gasteiger partial charge in [0.05, 0.1) is 60.4 Å². The molecule has 27 nitrogen and oxygen atoms in total. The molecule has 1 fully saturated rings. The zero-order valence-electron chi connectivity index (χ0n) is 47.2. The number of thioether (sulfide) groups is 1. The molecule has 6 amide bonds. The Morgan fingerprint density at radius 2 is 1.44 bits per heavy atom. The van der Waals surface area contributed by atoms with E-state index < -0.39 is 95.4 Å². The zero-order chi connectivity index (χ0) is 61.1. The molecule has 0 saturated carbocycles. The number of carboxylic acids is 1. The zero-order valence-corrected chi connectivity index (χ0v) is 48.1. The highest BCUT2D eigenvalue weighted by atomic mass is 32.2. The lowest BCUT2D eigenvalue weighted by atomic mass is 9.92. The van der Waals surface area contributed by atoms with Gasteiger partial charge in [-0.05, 0) is 62.6 Å². The van der Waals surface area contributed by atoms with Crippen LogP contribution in [0, 0.1) is 19.8 Å². The maximum atomic E-state index is 14.0. The predicted octanol–water partition coefficient (Wildman–Crippen LogP) is 3.74. The van der Waals surface area contributed by atoms with Crippen LogP contribution in [0.25, 0.3) is 22.1 Å². The van der Waals surface area contributed by atoms with Crippen molar-refractivity contribution in [1.29, 1.82) is 0 Å². The Labute approximate surface area is 484 Å². The number of nitrogens with one attached hydrogen (secondary N) is 2. The van der Waals surface area contributed by atoms with Crippen molar-refractivity contribution < 1.29 is 71.4 Å². The topological polar surface area (TPSA) is 402 Å². The molecule has 0 spiro atoms. The summed E-state index contributed by atoms with van der Waals surface area (Å²) in [5, 5.41) is 14.4. The number of aliphatic carboxylic acids is 1. The summed E-state index contributed by atoms with van der Waals surface area (Å²) in [6, 6.07) is 4.60. The van der Waals surface area contributed by atoms with E-state index in [4.69, 9.17) is 40.5 Å². The Balaban J connectivity index is 1.11. The van der Waals surface area contributed by atoms with Gasteiger partial charge in [-0.15, -0.1) is 0 Å². The van der Waals surface area contributed by atoms with E-state index in [1.807, 2.05) is 13.8 Å². The third kappa shape index (κ3) is 14.8. The number of amides is 6. The van der Waals surface area contributed by atoms with Gasteiger partial charge in [-0.3, -0.25) is 58.2 Å². The van der Waals surface area contributed by atoms with E-state index in [0.717, 1.165) is 4.90 Å². The number of carbonyl (C=O) groups excluding carboxylic acids is 9. The van der Waals surface area contributed by atoms with Crippen molar-refractivity contribution >= 4 is 98.5 Å². The highest BCUT2D eigenvalue weighted by molar-refractivity contribution is 8.00. The lowest BCUT2D eigenvalue weighted by Gasteiger charge is -2.18. The molecule has 446 valence electrons. The maximum Gasteiger partial charge on any atom is 0.303 e. The number of aryl methyl sites for hydroxylation is 4. The van der Waals surface area contributed by atoms with E-state index in [1.165, 1.54) is 43.1 Å². The Hall–Kier alpha value is -9.05. The first-order valence-corrected chi connectivity index (χ1v) is 28.3. The fraction of sp³-hybridized carbons (Fsp3) is 0.429. The number of fused-ring (bicyclic) bond motifs is 2. The molecule has 2 aromatic carbocycles. The number of carboxylic acid groups (broad SMARTS) is 1. The average molecular weight is 1180 g/mol. The minimum atomic E-state index is -1.20. The number of likely N-dealkylation sites (tertiary alicyclic amines) is 1. The Kier molecular flexibility index (Phi) is 20.7. The summed E-state index contributed by atoms with van der Waals surface area (Å²) in [4.78, 5) is 148. The van der Waals surface area contributed by atoms with Gasteiger partial charge in [-0.1, -0.05) is 26.0 Å². The number of imide groups is 1. The Morgan fingerprint density at radius 3 is 2.05 bits per heavy atom. The fourth-order valence-corrected chi connectivity index (χ4v) is 10.2. The van der Waals surface area contributed by atoms with E-state index >= 15 is 0 Å². The second kappa shape index (κ2) is 27.8. The Bertz CT molecular complexity index is 3590. The van der Waals surface area contributed by atoms with Crippen LogP contribution in [0.15, 0.2) is 45.3 Å². The smallest absolute Gasteiger partial charge is 0.303 e. The first kappa shape index (κ1) is 62.5. The summed E-state index contributed by atoms with van der Waals surface area (Å²) in [5.74, 6) is -6.23. The molecule has 6 aromatic rings. The molecular weight excluding hydrogens is 1110 g/mol. The van der Waals surface area contributed by atoms with Gasteiger partial charge < -0.3 is 55.1 Å². The van der Waals surface area contributed by atoms with Gasteiger partial charge in [0.1, 0.15) is 34.1 Å². The molecule has 1 unspecified atom stereocenters. The normalized spacial score (nSPS) is 14.1. The number of primary amides is 2. The number of nitrogens with two attached hydrogens (primary N) is 3. The summed E-state index contributed by atoms with van der Waals surface area (Å²) in [6.45, 7) is 6.43. The van der Waals surface area contributed by atoms with Crippen molar-refractivity contribution in [3.63, 3.8) is 0 Å². The third-order valence-corrected chi connectivity index (χ3v) is 14.8. The standard InChI is InChI=1S/C56H66N12O15S/c1-7-35-49(82-28(3)61-35)40(71)25-44-63-37-20-32(52(59)76)24-42(81-19-11-16-60-53(77)30(12-15-46(73)74)22-39(70)34(57)14-13-33(69)27-68-45(72)26-43(84-6)55(68)79)48(37)66(44)17-9-10-18-67-47-38(21-31(51(58)75)23-41(47)80-5)64-56(67)65-54(78)50-36(8-2)62-29(4)83-50/h9-10,20-21,23-24,30,34,43H,7-8,11-19,22,25-27,57H2,1-6H3,(H2,58,75)(H2,59,76)(H,60,77)(H,73,74)(H,64,65,78)/b10-9+/t30-,34+,43?/m0/s1. The lowest BCUT2D eigenvalue weighted by molar-refractivity contribution is -0.142. The number of methoxy groups -OCH3 is 1. The number of ether oxygens (including phenoxy) is 2. The van der Waals surface area contributed by atoms with Crippen molar-refractivity contribution in [3.8, 4) is 11.5 Å². The minimum absolute atomic E-state index is 0.00639. The molecular formula is C56H66N12O15S. The second-order valence-electron chi connectivity index (χ2n) is 19.8. The van der Waals surface area contributed by atoms with Gasteiger partial charge in [-0.25, -0.2) is 19.9 Å². The number of ketones is 3. The Morgan fingerprint density at radius 1 is 0.833 bits per heavy atom. The number of oxazole rings is 2. The quantitative estimate of drug-likeness (QED) is 0.0152. The SMILES string of the molecule is CCc1nc(C)oc1C(=O)Cc1nc2cc(C(N)=O)cc(OCCCNC(=O)[C@@H](CCC(=O)O)CC(=O)[C@H](N)CCC(=O)CN3C(=O)CC(SC)C3=O)c2n1C/C=C/Cn1c(NC(=O)c2oc(C)nc2CC)nc2cc(C(N)=O)cc(OC)c21. The summed E-state index contributed by atoms with van der Waals surface area (Å²) in [7, 11) is 1.40. The van der Waals surface area contributed by atoms with E-state index in [0.29, 0.717) is 47.0 Å². The number of rotatable bonds is 32. The monoisotopic (exact) mass is 1180 g/mol. The number of imidazole rings is 2. The first-order chi connectivity index (χ1) is 40.0. The lowest BCUT2D eigenvalue weighted by Crippen LogP contribution is -2.39. The number of aromatic nitrogens is 6. The molecule has 9 N–H and O–H groups in total. The van der Waals surface area contributed by atoms with Gasteiger partial charge in [-0.2, -0.15) is 11.8 Å². The highest BCUT2D eigenvalue weighted by Crippen LogP contribution is 2.33. The number of hydrogen-bond acceptors (Lipinski definition) is 20. The number of allylic oxidation sites excluding steroid dienone is 2. The number of Topliss-reactive ketones (excluding diaryl/α,β-unsaturated/α-hetero) is 3. The number of benzene rings is 2. The van der Waals surface area contributed by atoms with Gasteiger partial charge in [0.2, 0.25) is 47.0 Å². The molecule has 0 aliphatic carbocycles. The van der Waals surface area contributed by atoms with E-state index in [9.17, 15) is 53.1 Å². The van der Waals surface area contributed by atoms with Crippen LogP contribution in [0.2, 0.25) is 0 Å². The minimum Gasteiger partial charge on any atom is -0.494 e. The van der Waals surface area contributed by atoms with Crippen molar-refractivity contribution in [1.82, 2.24) is 39.3 Å². The molecule has 1 aliphatic rings. The van der Waals surface area contributed by atoms with Crippen LogP contribution in [0.5, 0.6) is 11.5 Å². The molecule has 84 heavy (non-hydrogen) atoms. The fourth-order valence-electron chi connectivity index (χ4n) is 9.58. The van der Waals surface area contributed by atoms with Crippen molar-refractivity contribution in [2.24, 2.45) is 23.1 Å². The van der Waals surface area contributed by atoms with E-state index in [1.54, 1.807) is 41.4 Å². The summed E-state index contributed by atoms with van der Waals surface area (Å²) in [6.07, 6.45) is 4.45. The maximum absolute atomic E-state index is 14.0. The molecule has 0 bridgehead atoms. The molecule has 0 radical (unpaired) electrons. The molecule has 1 aliphatic heterocycles. The summed E-state index contributed by atoms with van der Waals surface area (Å²) in [5.41, 5.74) is 19.9. The molecule has 5 heterocycles. The molecule has 28 heteroatoms. The van der Waals surface area contributed by atoms with Gasteiger partial charge in [0.15, 0.2) is 23.3 Å². The first-order valence-electron chi connectivity index (χ1n) is 27.0. The van der Waals surface area contributed by atoms with Crippen molar-refractivity contribution in [2.45, 2.75) is 116 Å².